The Morgan fingerprint density at radius 1 is 1.26 bits per heavy atom. The molecule has 0 radical (unpaired) electrons. The summed E-state index contributed by atoms with van der Waals surface area (Å²) in [4.78, 5) is 13.0. The van der Waals surface area contributed by atoms with Gasteiger partial charge in [0.1, 0.15) is 11.8 Å². The number of fused-ring (bicyclic) bond motifs is 3. The Balaban J connectivity index is 1.73. The molecular formula is C19H16ClFN4O2. The van der Waals surface area contributed by atoms with Crippen LogP contribution in [0.3, 0.4) is 0 Å². The maximum absolute atomic E-state index is 13.9. The van der Waals surface area contributed by atoms with Crippen molar-refractivity contribution in [3.05, 3.63) is 52.2 Å². The van der Waals surface area contributed by atoms with E-state index in [-0.39, 0.29) is 5.75 Å². The van der Waals surface area contributed by atoms with Crippen molar-refractivity contribution in [1.29, 1.82) is 0 Å². The van der Waals surface area contributed by atoms with E-state index in [2.05, 4.69) is 20.3 Å². The summed E-state index contributed by atoms with van der Waals surface area (Å²) in [6.07, 6.45) is 1.45. The van der Waals surface area contributed by atoms with Gasteiger partial charge in [0.25, 0.3) is 0 Å². The highest BCUT2D eigenvalue weighted by Gasteiger charge is 2.19. The van der Waals surface area contributed by atoms with E-state index in [1.807, 2.05) is 13.8 Å². The van der Waals surface area contributed by atoms with Crippen LogP contribution >= 0.6 is 11.6 Å². The maximum Gasteiger partial charge on any atom is 0.229 e. The minimum Gasteiger partial charge on any atom is -0.494 e. The predicted octanol–water partition coefficient (Wildman–Crippen LogP) is 4.80. The minimum atomic E-state index is -0.418. The molecule has 0 aliphatic carbocycles. The van der Waals surface area contributed by atoms with Crippen molar-refractivity contribution in [2.75, 3.05) is 12.4 Å². The number of methoxy groups -OCH3 is 1. The number of nitrogens with one attached hydrogen (secondary N) is 1. The molecule has 0 spiro atoms. The molecule has 0 aliphatic heterocycles. The van der Waals surface area contributed by atoms with Crippen LogP contribution in [0.1, 0.15) is 16.8 Å². The summed E-state index contributed by atoms with van der Waals surface area (Å²) in [5, 5.41) is 4.52. The van der Waals surface area contributed by atoms with Crippen LogP contribution in [0, 0.1) is 19.7 Å². The smallest absolute Gasteiger partial charge is 0.229 e. The van der Waals surface area contributed by atoms with Crippen LogP contribution in [0.4, 0.5) is 10.2 Å². The zero-order valence-electron chi connectivity index (χ0n) is 14.9. The number of aromatic nitrogens is 3. The first-order valence-electron chi connectivity index (χ1n) is 8.25. The normalized spacial score (nSPS) is 11.3. The first kappa shape index (κ1) is 17.5. The van der Waals surface area contributed by atoms with E-state index in [1.54, 1.807) is 12.1 Å². The molecule has 0 unspecified atom stereocenters. The summed E-state index contributed by atoms with van der Waals surface area (Å²) < 4.78 is 24.7. The highest BCUT2D eigenvalue weighted by molar-refractivity contribution is 6.33. The predicted molar refractivity (Wildman–Crippen MR) is 102 cm³/mol. The van der Waals surface area contributed by atoms with Gasteiger partial charge in [0.15, 0.2) is 23.0 Å². The van der Waals surface area contributed by atoms with Crippen molar-refractivity contribution < 1.29 is 13.5 Å². The van der Waals surface area contributed by atoms with Gasteiger partial charge in [-0.3, -0.25) is 0 Å². The number of rotatable bonds is 4. The lowest BCUT2D eigenvalue weighted by Crippen LogP contribution is -2.02. The van der Waals surface area contributed by atoms with E-state index in [9.17, 15) is 4.39 Å². The molecule has 4 aromatic rings. The average molecular weight is 387 g/mol. The van der Waals surface area contributed by atoms with Crippen LogP contribution in [0.15, 0.2) is 28.9 Å². The van der Waals surface area contributed by atoms with Gasteiger partial charge in [0.05, 0.1) is 23.2 Å². The van der Waals surface area contributed by atoms with Crippen LogP contribution in [0.25, 0.3) is 22.2 Å². The standard InChI is InChI=1S/C19H16ClFN4O2/c1-9-14-16-17(27-19(14)25-10(2)15(9)20)18(24-8-23-16)22-7-11-4-5-13(26-3)12(21)6-11/h4-6,8H,7H2,1-3H3,(H,22,23,24). The number of pyridine rings is 1. The fraction of sp³-hybridized carbons (Fsp3) is 0.211. The van der Waals surface area contributed by atoms with Crippen LogP contribution in [0.5, 0.6) is 5.75 Å². The summed E-state index contributed by atoms with van der Waals surface area (Å²) in [5.41, 5.74) is 3.87. The monoisotopic (exact) mass is 386 g/mol. The molecule has 0 amide bonds. The summed E-state index contributed by atoms with van der Waals surface area (Å²) in [6, 6.07) is 4.78. The van der Waals surface area contributed by atoms with Crippen molar-refractivity contribution in [3.63, 3.8) is 0 Å². The third-order valence-electron chi connectivity index (χ3n) is 4.42. The van der Waals surface area contributed by atoms with Gasteiger partial charge >= 0.3 is 0 Å². The summed E-state index contributed by atoms with van der Waals surface area (Å²) in [5.74, 6) is 0.287. The lowest BCUT2D eigenvalue weighted by molar-refractivity contribution is 0.386. The van der Waals surface area contributed by atoms with Gasteiger partial charge in [-0.2, -0.15) is 0 Å². The van der Waals surface area contributed by atoms with Gasteiger partial charge in [-0.1, -0.05) is 17.7 Å². The second-order valence-electron chi connectivity index (χ2n) is 6.14. The average Bonchev–Trinajstić information content (AvgIpc) is 3.03. The lowest BCUT2D eigenvalue weighted by Gasteiger charge is -2.07. The van der Waals surface area contributed by atoms with Gasteiger partial charge in [-0.25, -0.2) is 19.3 Å². The number of nitrogens with zero attached hydrogens (tertiary/aromatic N) is 3. The second-order valence-corrected chi connectivity index (χ2v) is 6.52. The van der Waals surface area contributed by atoms with Crippen molar-refractivity contribution in [3.8, 4) is 5.75 Å². The van der Waals surface area contributed by atoms with Crippen LogP contribution in [-0.2, 0) is 6.54 Å². The van der Waals surface area contributed by atoms with Gasteiger partial charge in [-0.15, -0.1) is 0 Å². The molecule has 0 fully saturated rings. The molecular weight excluding hydrogens is 371 g/mol. The number of hydrogen-bond donors (Lipinski definition) is 1. The zero-order valence-corrected chi connectivity index (χ0v) is 15.7. The molecule has 3 heterocycles. The van der Waals surface area contributed by atoms with Crippen LogP contribution < -0.4 is 10.1 Å². The fourth-order valence-electron chi connectivity index (χ4n) is 3.03. The highest BCUT2D eigenvalue weighted by Crippen LogP contribution is 2.35. The maximum atomic E-state index is 13.9. The zero-order chi connectivity index (χ0) is 19.1. The quantitative estimate of drug-likeness (QED) is 0.543. The number of ether oxygens (including phenoxy) is 1. The first-order chi connectivity index (χ1) is 13.0. The van der Waals surface area contributed by atoms with Gasteiger partial charge in [-0.05, 0) is 37.1 Å². The Morgan fingerprint density at radius 2 is 2.07 bits per heavy atom. The summed E-state index contributed by atoms with van der Waals surface area (Å²) >= 11 is 6.33. The third-order valence-corrected chi connectivity index (χ3v) is 4.98. The highest BCUT2D eigenvalue weighted by atomic mass is 35.5. The topological polar surface area (TPSA) is 73.1 Å². The summed E-state index contributed by atoms with van der Waals surface area (Å²) in [7, 11) is 1.43. The Hall–Kier alpha value is -2.93. The van der Waals surface area contributed by atoms with E-state index >= 15 is 0 Å². The molecule has 4 rings (SSSR count). The molecule has 27 heavy (non-hydrogen) atoms. The lowest BCUT2D eigenvalue weighted by atomic mass is 10.1. The third kappa shape index (κ3) is 2.94. The molecule has 138 valence electrons. The number of aryl methyl sites for hydroxylation is 2. The number of halogens is 2. The largest absolute Gasteiger partial charge is 0.494 e. The Kier molecular flexibility index (Phi) is 4.31. The van der Waals surface area contributed by atoms with Crippen LogP contribution in [-0.4, -0.2) is 22.1 Å². The number of furan rings is 1. The molecule has 3 aromatic heterocycles. The Bertz CT molecular complexity index is 1180. The first-order valence-corrected chi connectivity index (χ1v) is 8.63. The van der Waals surface area contributed by atoms with Gasteiger partial charge in [0.2, 0.25) is 5.71 Å². The van der Waals surface area contributed by atoms with Crippen molar-refractivity contribution in [1.82, 2.24) is 15.0 Å². The molecule has 1 N–H and O–H groups in total. The van der Waals surface area contributed by atoms with Gasteiger partial charge in [0, 0.05) is 6.54 Å². The summed E-state index contributed by atoms with van der Waals surface area (Å²) in [6.45, 7) is 4.09. The van der Waals surface area contributed by atoms with E-state index < -0.39 is 5.82 Å². The fourth-order valence-corrected chi connectivity index (χ4v) is 3.17. The van der Waals surface area contributed by atoms with Crippen molar-refractivity contribution >= 4 is 39.6 Å². The second kappa shape index (κ2) is 6.66. The molecule has 6 nitrogen and oxygen atoms in total. The Morgan fingerprint density at radius 3 is 2.81 bits per heavy atom. The van der Waals surface area contributed by atoms with E-state index in [0.717, 1.165) is 16.5 Å². The van der Waals surface area contributed by atoms with E-state index in [4.69, 9.17) is 20.8 Å². The molecule has 0 saturated carbocycles. The Labute approximate surface area is 159 Å². The molecule has 1 aromatic carbocycles. The van der Waals surface area contributed by atoms with Crippen molar-refractivity contribution in [2.24, 2.45) is 0 Å². The van der Waals surface area contributed by atoms with Crippen LogP contribution in [0.2, 0.25) is 5.02 Å². The van der Waals surface area contributed by atoms with Gasteiger partial charge < -0.3 is 14.5 Å². The minimum absolute atomic E-state index is 0.203. The number of anilines is 1. The van der Waals surface area contributed by atoms with E-state index in [1.165, 1.54) is 19.5 Å². The number of hydrogen-bond acceptors (Lipinski definition) is 6. The van der Waals surface area contributed by atoms with E-state index in [0.29, 0.717) is 39.9 Å². The molecule has 0 saturated heterocycles. The molecule has 0 bridgehead atoms. The number of benzene rings is 1. The van der Waals surface area contributed by atoms with Crippen molar-refractivity contribution in [2.45, 2.75) is 20.4 Å². The SMILES string of the molecule is COc1ccc(CNc2ncnc3c2oc2nc(C)c(Cl)c(C)c23)cc1F. The molecule has 0 aliphatic rings. The molecule has 8 heteroatoms. The molecule has 0 atom stereocenters.